The van der Waals surface area contributed by atoms with E-state index in [0.717, 1.165) is 25.7 Å². The molecule has 0 bridgehead atoms. The molecule has 0 aromatic heterocycles. The van der Waals surface area contributed by atoms with Crippen molar-refractivity contribution in [1.82, 2.24) is 10.2 Å². The molecule has 1 aliphatic rings. The predicted molar refractivity (Wildman–Crippen MR) is 69.5 cm³/mol. The largest absolute Gasteiger partial charge is 0.481 e. The number of nitrogens with one attached hydrogen (secondary N) is 1. The van der Waals surface area contributed by atoms with Crippen LogP contribution in [0.4, 0.5) is 4.79 Å². The minimum Gasteiger partial charge on any atom is -0.481 e. The molecular formula is C13H24N2O3. The number of rotatable bonds is 5. The summed E-state index contributed by atoms with van der Waals surface area (Å²) in [7, 11) is 0. The first-order valence-corrected chi connectivity index (χ1v) is 6.68. The number of carboxylic acid groups (broad SMARTS) is 1. The van der Waals surface area contributed by atoms with Gasteiger partial charge in [-0.15, -0.1) is 0 Å². The van der Waals surface area contributed by atoms with Crippen LogP contribution < -0.4 is 5.32 Å². The van der Waals surface area contributed by atoms with Gasteiger partial charge in [0.2, 0.25) is 0 Å². The van der Waals surface area contributed by atoms with Gasteiger partial charge in [0.05, 0.1) is 6.42 Å². The van der Waals surface area contributed by atoms with Crippen molar-refractivity contribution in [1.29, 1.82) is 0 Å². The van der Waals surface area contributed by atoms with Gasteiger partial charge in [0.15, 0.2) is 0 Å². The molecule has 104 valence electrons. The van der Waals surface area contributed by atoms with Crippen LogP contribution in [0, 0.1) is 0 Å². The van der Waals surface area contributed by atoms with Crippen molar-refractivity contribution in [2.24, 2.45) is 0 Å². The molecule has 1 unspecified atom stereocenters. The lowest BCUT2D eigenvalue weighted by atomic mass is 10.0. The summed E-state index contributed by atoms with van der Waals surface area (Å²) in [6, 6.07) is -0.423. The summed E-state index contributed by atoms with van der Waals surface area (Å²) in [6.45, 7) is 6.23. The summed E-state index contributed by atoms with van der Waals surface area (Å²) in [5.41, 5.74) is -0.118. The molecule has 0 aromatic carbocycles. The van der Waals surface area contributed by atoms with Gasteiger partial charge in [-0.25, -0.2) is 4.79 Å². The maximum atomic E-state index is 12.2. The van der Waals surface area contributed by atoms with Gasteiger partial charge in [0.1, 0.15) is 0 Å². The van der Waals surface area contributed by atoms with Crippen molar-refractivity contribution in [3.8, 4) is 0 Å². The van der Waals surface area contributed by atoms with E-state index < -0.39 is 5.97 Å². The molecule has 2 N–H and O–H groups in total. The molecule has 0 aliphatic heterocycles. The summed E-state index contributed by atoms with van der Waals surface area (Å²) in [4.78, 5) is 24.5. The van der Waals surface area contributed by atoms with E-state index in [-0.39, 0.29) is 24.0 Å². The highest BCUT2D eigenvalue weighted by atomic mass is 16.4. The topological polar surface area (TPSA) is 69.6 Å². The third-order valence-corrected chi connectivity index (χ3v) is 3.72. The Labute approximate surface area is 109 Å². The van der Waals surface area contributed by atoms with E-state index in [9.17, 15) is 9.59 Å². The van der Waals surface area contributed by atoms with E-state index in [2.05, 4.69) is 12.2 Å². The molecule has 1 aliphatic carbocycles. The Morgan fingerprint density at radius 1 is 1.39 bits per heavy atom. The zero-order valence-electron chi connectivity index (χ0n) is 11.5. The van der Waals surface area contributed by atoms with Crippen LogP contribution in [0.2, 0.25) is 0 Å². The van der Waals surface area contributed by atoms with Crippen LogP contribution in [0.1, 0.15) is 52.9 Å². The van der Waals surface area contributed by atoms with Gasteiger partial charge in [0, 0.05) is 18.1 Å². The van der Waals surface area contributed by atoms with Gasteiger partial charge < -0.3 is 15.3 Å². The second-order valence-electron chi connectivity index (χ2n) is 5.43. The van der Waals surface area contributed by atoms with Gasteiger partial charge in [-0.05, 0) is 33.6 Å². The lowest BCUT2D eigenvalue weighted by Crippen LogP contribution is -2.52. The molecule has 0 saturated heterocycles. The summed E-state index contributed by atoms with van der Waals surface area (Å²) < 4.78 is 0. The first-order chi connectivity index (χ1) is 8.38. The Morgan fingerprint density at radius 3 is 2.39 bits per heavy atom. The van der Waals surface area contributed by atoms with Crippen LogP contribution >= 0.6 is 0 Å². The van der Waals surface area contributed by atoms with Crippen LogP contribution in [-0.4, -0.2) is 40.1 Å². The molecule has 18 heavy (non-hydrogen) atoms. The number of hydrogen-bond donors (Lipinski definition) is 2. The van der Waals surface area contributed by atoms with Gasteiger partial charge in [-0.3, -0.25) is 4.79 Å². The third-order valence-electron chi connectivity index (χ3n) is 3.72. The average Bonchev–Trinajstić information content (AvgIpc) is 2.64. The van der Waals surface area contributed by atoms with Gasteiger partial charge >= 0.3 is 12.0 Å². The maximum absolute atomic E-state index is 12.2. The predicted octanol–water partition coefficient (Wildman–Crippen LogP) is 2.21. The van der Waals surface area contributed by atoms with Crippen molar-refractivity contribution in [2.75, 3.05) is 6.54 Å². The molecule has 1 fully saturated rings. The molecule has 0 aromatic rings. The fraction of sp³-hybridized carbons (Fsp3) is 0.846. The SMILES string of the molecule is CCN(C(=O)NC1(C)CCCC1)C(C)CC(=O)O. The fourth-order valence-corrected chi connectivity index (χ4v) is 2.63. The van der Waals surface area contributed by atoms with Gasteiger partial charge in [-0.2, -0.15) is 0 Å². The molecule has 1 atom stereocenters. The zero-order valence-corrected chi connectivity index (χ0v) is 11.5. The van der Waals surface area contributed by atoms with E-state index in [1.165, 1.54) is 0 Å². The number of amides is 2. The molecule has 1 rings (SSSR count). The van der Waals surface area contributed by atoms with E-state index in [0.29, 0.717) is 6.54 Å². The minimum absolute atomic E-state index is 0.0159. The van der Waals surface area contributed by atoms with Crippen LogP contribution in [0.15, 0.2) is 0 Å². The second kappa shape index (κ2) is 6.07. The first-order valence-electron chi connectivity index (χ1n) is 6.68. The lowest BCUT2D eigenvalue weighted by Gasteiger charge is -2.33. The molecule has 0 heterocycles. The number of aliphatic carboxylic acids is 1. The Balaban J connectivity index is 2.58. The van der Waals surface area contributed by atoms with E-state index in [1.807, 2.05) is 6.92 Å². The summed E-state index contributed by atoms with van der Waals surface area (Å²) in [6.07, 6.45) is 4.28. The van der Waals surface area contributed by atoms with Crippen LogP contribution in [0.3, 0.4) is 0 Å². The average molecular weight is 256 g/mol. The molecule has 0 spiro atoms. The quantitative estimate of drug-likeness (QED) is 0.792. The lowest BCUT2D eigenvalue weighted by molar-refractivity contribution is -0.138. The number of urea groups is 1. The van der Waals surface area contributed by atoms with Crippen LogP contribution in [0.25, 0.3) is 0 Å². The van der Waals surface area contributed by atoms with Crippen molar-refractivity contribution in [3.63, 3.8) is 0 Å². The van der Waals surface area contributed by atoms with Crippen LogP contribution in [-0.2, 0) is 4.79 Å². The van der Waals surface area contributed by atoms with Gasteiger partial charge in [-0.1, -0.05) is 12.8 Å². The highest BCUT2D eigenvalue weighted by Crippen LogP contribution is 2.29. The summed E-state index contributed by atoms with van der Waals surface area (Å²) >= 11 is 0. The second-order valence-corrected chi connectivity index (χ2v) is 5.43. The number of hydrogen-bond acceptors (Lipinski definition) is 2. The highest BCUT2D eigenvalue weighted by molar-refractivity contribution is 5.76. The highest BCUT2D eigenvalue weighted by Gasteiger charge is 2.32. The van der Waals surface area contributed by atoms with Gasteiger partial charge in [0.25, 0.3) is 0 Å². The molecule has 5 heteroatoms. The smallest absolute Gasteiger partial charge is 0.318 e. The summed E-state index contributed by atoms with van der Waals surface area (Å²) in [5.74, 6) is -0.874. The van der Waals surface area contributed by atoms with Crippen molar-refractivity contribution in [2.45, 2.75) is 64.5 Å². The van der Waals surface area contributed by atoms with Crippen molar-refractivity contribution < 1.29 is 14.7 Å². The van der Waals surface area contributed by atoms with E-state index >= 15 is 0 Å². The Bertz CT molecular complexity index is 311. The van der Waals surface area contributed by atoms with E-state index in [4.69, 9.17) is 5.11 Å². The number of carbonyl (C=O) groups is 2. The number of nitrogens with zero attached hydrogens (tertiary/aromatic N) is 1. The Hall–Kier alpha value is -1.26. The molecule has 1 saturated carbocycles. The van der Waals surface area contributed by atoms with Crippen LogP contribution in [0.5, 0.6) is 0 Å². The third kappa shape index (κ3) is 3.89. The van der Waals surface area contributed by atoms with E-state index in [1.54, 1.807) is 11.8 Å². The molecular weight excluding hydrogens is 232 g/mol. The molecule has 2 amide bonds. The minimum atomic E-state index is -0.874. The Morgan fingerprint density at radius 2 is 1.94 bits per heavy atom. The standard InChI is InChI=1S/C13H24N2O3/c1-4-15(10(2)9-11(16)17)12(18)14-13(3)7-5-6-8-13/h10H,4-9H2,1-3H3,(H,14,18)(H,16,17). The molecule has 0 radical (unpaired) electrons. The zero-order chi connectivity index (χ0) is 13.8. The number of carboxylic acids is 1. The number of carbonyl (C=O) groups excluding carboxylic acids is 1. The van der Waals surface area contributed by atoms with Crippen molar-refractivity contribution >= 4 is 12.0 Å². The summed E-state index contributed by atoms with van der Waals surface area (Å²) in [5, 5.41) is 11.8. The molecule has 5 nitrogen and oxygen atoms in total. The van der Waals surface area contributed by atoms with Crippen molar-refractivity contribution in [3.05, 3.63) is 0 Å². The normalized spacial score (nSPS) is 19.3. The first kappa shape index (κ1) is 14.8. The monoisotopic (exact) mass is 256 g/mol. The maximum Gasteiger partial charge on any atom is 0.318 e. The fourth-order valence-electron chi connectivity index (χ4n) is 2.63. The Kier molecular flexibility index (Phi) is 4.99.